The molecule has 7 nitrogen and oxygen atoms in total. The molecule has 1 N–H and O–H groups in total. The van der Waals surface area contributed by atoms with E-state index in [2.05, 4.69) is 5.16 Å². The first-order chi connectivity index (χ1) is 14.5. The quantitative estimate of drug-likeness (QED) is 0.557. The summed E-state index contributed by atoms with van der Waals surface area (Å²) < 4.78 is 10.9. The molecule has 2 aromatic heterocycles. The van der Waals surface area contributed by atoms with E-state index in [-0.39, 0.29) is 11.4 Å². The lowest BCUT2D eigenvalue weighted by molar-refractivity contribution is -0.117. The SMILES string of the molecule is CCCOc1cccc(C2C(C(=O)c3cccs3)=C(O)C(=O)N2c2cc(C)on2)c1. The van der Waals surface area contributed by atoms with Gasteiger partial charge in [0.05, 0.1) is 23.1 Å². The maximum atomic E-state index is 13.2. The van der Waals surface area contributed by atoms with Gasteiger partial charge in [0.15, 0.2) is 11.6 Å². The maximum Gasteiger partial charge on any atom is 0.295 e. The van der Waals surface area contributed by atoms with Crippen molar-refractivity contribution in [2.75, 3.05) is 11.5 Å². The number of ketones is 1. The molecular formula is C22H20N2O5S. The first kappa shape index (κ1) is 19.9. The zero-order valence-electron chi connectivity index (χ0n) is 16.5. The first-order valence-corrected chi connectivity index (χ1v) is 10.4. The van der Waals surface area contributed by atoms with Crippen LogP contribution in [0.2, 0.25) is 0 Å². The summed E-state index contributed by atoms with van der Waals surface area (Å²) in [6.07, 6.45) is 0.847. The van der Waals surface area contributed by atoms with E-state index in [9.17, 15) is 14.7 Å². The summed E-state index contributed by atoms with van der Waals surface area (Å²) in [7, 11) is 0. The van der Waals surface area contributed by atoms with Gasteiger partial charge in [0, 0.05) is 6.07 Å². The molecule has 8 heteroatoms. The largest absolute Gasteiger partial charge is 0.503 e. The number of hydrogen-bond donors (Lipinski definition) is 1. The molecule has 1 amide bonds. The minimum absolute atomic E-state index is 0.00995. The van der Waals surface area contributed by atoms with Crippen LogP contribution in [0.5, 0.6) is 5.75 Å². The van der Waals surface area contributed by atoms with Crippen LogP contribution in [-0.4, -0.2) is 28.6 Å². The Morgan fingerprint density at radius 2 is 2.13 bits per heavy atom. The van der Waals surface area contributed by atoms with Crippen LogP contribution in [0.1, 0.15) is 40.4 Å². The smallest absolute Gasteiger partial charge is 0.295 e. The molecule has 0 bridgehead atoms. The van der Waals surface area contributed by atoms with Crippen LogP contribution in [-0.2, 0) is 4.79 Å². The lowest BCUT2D eigenvalue weighted by atomic mass is 9.95. The minimum atomic E-state index is -0.859. The second-order valence-corrected chi connectivity index (χ2v) is 7.81. The average molecular weight is 424 g/mol. The third-order valence-electron chi connectivity index (χ3n) is 4.71. The first-order valence-electron chi connectivity index (χ1n) is 9.52. The molecule has 3 aromatic rings. The highest BCUT2D eigenvalue weighted by molar-refractivity contribution is 7.12. The van der Waals surface area contributed by atoms with E-state index >= 15 is 0 Å². The molecule has 3 heterocycles. The van der Waals surface area contributed by atoms with E-state index in [1.165, 1.54) is 16.2 Å². The molecule has 0 saturated heterocycles. The minimum Gasteiger partial charge on any atom is -0.503 e. The van der Waals surface area contributed by atoms with Crippen molar-refractivity contribution in [2.45, 2.75) is 26.3 Å². The van der Waals surface area contributed by atoms with Crippen LogP contribution in [0, 0.1) is 6.92 Å². The van der Waals surface area contributed by atoms with Gasteiger partial charge in [0.1, 0.15) is 11.5 Å². The fraction of sp³-hybridized carbons (Fsp3) is 0.227. The third kappa shape index (κ3) is 3.50. The van der Waals surface area contributed by atoms with Gasteiger partial charge < -0.3 is 14.4 Å². The number of aromatic nitrogens is 1. The molecule has 154 valence electrons. The Morgan fingerprint density at radius 3 is 2.80 bits per heavy atom. The summed E-state index contributed by atoms with van der Waals surface area (Å²) >= 11 is 1.25. The summed E-state index contributed by atoms with van der Waals surface area (Å²) in [6.45, 7) is 4.25. The van der Waals surface area contributed by atoms with Crippen molar-refractivity contribution in [3.05, 3.63) is 75.4 Å². The van der Waals surface area contributed by atoms with Gasteiger partial charge in [-0.15, -0.1) is 11.3 Å². The number of amides is 1. The number of rotatable bonds is 7. The number of nitrogens with zero attached hydrogens (tertiary/aromatic N) is 2. The number of thiophene rings is 1. The number of aliphatic hydroxyl groups excluding tert-OH is 1. The number of anilines is 1. The van der Waals surface area contributed by atoms with E-state index in [0.29, 0.717) is 28.6 Å². The second-order valence-electron chi connectivity index (χ2n) is 6.86. The van der Waals surface area contributed by atoms with Crippen LogP contribution in [0.15, 0.2) is 63.7 Å². The molecule has 1 aliphatic heterocycles. The fourth-order valence-electron chi connectivity index (χ4n) is 3.39. The monoisotopic (exact) mass is 424 g/mol. The van der Waals surface area contributed by atoms with Crippen molar-refractivity contribution in [2.24, 2.45) is 0 Å². The number of Topliss-reactive ketones (excluding diaryl/α,β-unsaturated/α-hetero) is 1. The Labute approximate surface area is 177 Å². The number of benzene rings is 1. The number of hydrogen-bond acceptors (Lipinski definition) is 7. The molecule has 0 spiro atoms. The second kappa shape index (κ2) is 8.16. The number of ether oxygens (including phenoxy) is 1. The maximum absolute atomic E-state index is 13.2. The third-order valence-corrected chi connectivity index (χ3v) is 5.58. The van der Waals surface area contributed by atoms with Crippen LogP contribution in [0.4, 0.5) is 5.82 Å². The Bertz CT molecular complexity index is 1120. The van der Waals surface area contributed by atoms with Crippen LogP contribution in [0.25, 0.3) is 0 Å². The Kier molecular flexibility index (Phi) is 5.41. The summed E-state index contributed by atoms with van der Waals surface area (Å²) in [5.74, 6) is -0.333. The van der Waals surface area contributed by atoms with Gasteiger partial charge >= 0.3 is 0 Å². The standard InChI is InChI=1S/C22H20N2O5S/c1-3-9-28-15-7-4-6-14(12-15)19-18(20(25)16-8-5-10-30-16)21(26)22(27)24(19)17-11-13(2)29-23-17/h4-8,10-12,19,26H,3,9H2,1-2H3. The van der Waals surface area contributed by atoms with E-state index in [1.807, 2.05) is 13.0 Å². The molecule has 0 fully saturated rings. The molecule has 1 aromatic carbocycles. The molecule has 1 aliphatic rings. The number of aryl methyl sites for hydroxylation is 1. The number of carbonyl (C=O) groups is 2. The van der Waals surface area contributed by atoms with Crippen LogP contribution in [0.3, 0.4) is 0 Å². The summed E-state index contributed by atoms with van der Waals surface area (Å²) in [5, 5.41) is 16.4. The number of carbonyl (C=O) groups excluding carboxylic acids is 2. The summed E-state index contributed by atoms with van der Waals surface area (Å²) in [5.41, 5.74) is 0.636. The van der Waals surface area contributed by atoms with Crippen molar-refractivity contribution >= 4 is 28.8 Å². The van der Waals surface area contributed by atoms with Gasteiger partial charge in [0.25, 0.3) is 5.91 Å². The van der Waals surface area contributed by atoms with E-state index in [1.54, 1.807) is 48.7 Å². The highest BCUT2D eigenvalue weighted by atomic mass is 32.1. The van der Waals surface area contributed by atoms with Crippen molar-refractivity contribution in [3.8, 4) is 5.75 Å². The predicted octanol–water partition coefficient (Wildman–Crippen LogP) is 4.62. The van der Waals surface area contributed by atoms with E-state index in [0.717, 1.165) is 6.42 Å². The number of aliphatic hydroxyl groups is 1. The highest BCUT2D eigenvalue weighted by Crippen LogP contribution is 2.42. The van der Waals surface area contributed by atoms with Gasteiger partial charge in [-0.1, -0.05) is 30.3 Å². The molecule has 0 aliphatic carbocycles. The Morgan fingerprint density at radius 1 is 1.30 bits per heavy atom. The molecule has 30 heavy (non-hydrogen) atoms. The Balaban J connectivity index is 1.84. The summed E-state index contributed by atoms with van der Waals surface area (Å²) in [4.78, 5) is 27.9. The molecule has 0 radical (unpaired) electrons. The molecule has 0 saturated carbocycles. The van der Waals surface area contributed by atoms with Gasteiger partial charge in [-0.25, -0.2) is 0 Å². The van der Waals surface area contributed by atoms with Crippen LogP contribution < -0.4 is 9.64 Å². The topological polar surface area (TPSA) is 92.9 Å². The van der Waals surface area contributed by atoms with Gasteiger partial charge in [0.2, 0.25) is 5.78 Å². The summed E-state index contributed by atoms with van der Waals surface area (Å²) in [6, 6.07) is 11.3. The molecule has 4 rings (SSSR count). The predicted molar refractivity (Wildman–Crippen MR) is 112 cm³/mol. The average Bonchev–Trinajstić information content (AvgIpc) is 3.47. The van der Waals surface area contributed by atoms with Crippen molar-refractivity contribution in [1.29, 1.82) is 0 Å². The lowest BCUT2D eigenvalue weighted by Crippen LogP contribution is -2.31. The van der Waals surface area contributed by atoms with Crippen LogP contribution >= 0.6 is 11.3 Å². The van der Waals surface area contributed by atoms with E-state index < -0.39 is 23.5 Å². The van der Waals surface area contributed by atoms with Crippen molar-refractivity contribution in [3.63, 3.8) is 0 Å². The van der Waals surface area contributed by atoms with Gasteiger partial charge in [-0.2, -0.15) is 0 Å². The fourth-order valence-corrected chi connectivity index (χ4v) is 4.07. The van der Waals surface area contributed by atoms with Crippen molar-refractivity contribution in [1.82, 2.24) is 5.16 Å². The molecular weight excluding hydrogens is 404 g/mol. The van der Waals surface area contributed by atoms with Crippen molar-refractivity contribution < 1.29 is 24.0 Å². The molecule has 1 unspecified atom stereocenters. The zero-order chi connectivity index (χ0) is 21.3. The van der Waals surface area contributed by atoms with E-state index in [4.69, 9.17) is 9.26 Å². The lowest BCUT2D eigenvalue weighted by Gasteiger charge is -2.24. The Hall–Kier alpha value is -3.39. The normalized spacial score (nSPS) is 16.4. The molecule has 1 atom stereocenters. The van der Waals surface area contributed by atoms with Gasteiger partial charge in [-0.3, -0.25) is 14.5 Å². The highest BCUT2D eigenvalue weighted by Gasteiger charge is 2.46. The van der Waals surface area contributed by atoms with Gasteiger partial charge in [-0.05, 0) is 42.5 Å². The zero-order valence-corrected chi connectivity index (χ0v) is 17.3.